The van der Waals surface area contributed by atoms with Gasteiger partial charge in [-0.25, -0.2) is 0 Å². The second-order valence-electron chi connectivity index (χ2n) is 3.96. The molecular weight excluding hydrogens is 372 g/mol. The van der Waals surface area contributed by atoms with Gasteiger partial charge in [0, 0.05) is 20.9 Å². The fourth-order valence-electron chi connectivity index (χ4n) is 1.76. The monoisotopic (exact) mass is 384 g/mol. The van der Waals surface area contributed by atoms with Crippen LogP contribution < -0.4 is 9.47 Å². The Bertz CT molecular complexity index is 533. The number of rotatable bonds is 5. The molecule has 0 aliphatic rings. The van der Waals surface area contributed by atoms with Crippen LogP contribution in [0.4, 0.5) is 0 Å². The largest absolute Gasteiger partial charge is 0.493 e. The van der Waals surface area contributed by atoms with Gasteiger partial charge in [0.25, 0.3) is 0 Å². The van der Waals surface area contributed by atoms with Crippen molar-refractivity contribution in [2.45, 2.75) is 11.9 Å². The molecular formula is C15H14Br2O2. The Morgan fingerprint density at radius 2 is 1.74 bits per heavy atom. The zero-order valence-corrected chi connectivity index (χ0v) is 13.7. The summed E-state index contributed by atoms with van der Waals surface area (Å²) in [7, 11) is 1.65. The molecule has 0 spiro atoms. The summed E-state index contributed by atoms with van der Waals surface area (Å²) in [6, 6.07) is 13.9. The molecule has 2 rings (SSSR count). The summed E-state index contributed by atoms with van der Waals surface area (Å²) in [6.45, 7) is 0.502. The van der Waals surface area contributed by atoms with E-state index in [1.54, 1.807) is 7.11 Å². The number of methoxy groups -OCH3 is 1. The van der Waals surface area contributed by atoms with Crippen LogP contribution in [0, 0.1) is 0 Å². The summed E-state index contributed by atoms with van der Waals surface area (Å²) in [5.41, 5.74) is 2.18. The zero-order chi connectivity index (χ0) is 13.7. The molecule has 2 aromatic carbocycles. The molecule has 0 aliphatic carbocycles. The van der Waals surface area contributed by atoms with Crippen LogP contribution in [0.25, 0.3) is 0 Å². The second-order valence-corrected chi connectivity index (χ2v) is 5.38. The minimum atomic E-state index is 0.502. The maximum Gasteiger partial charge on any atom is 0.165 e. The van der Waals surface area contributed by atoms with Gasteiger partial charge in [0.2, 0.25) is 0 Å². The molecule has 100 valence electrons. The molecule has 4 heteroatoms. The summed E-state index contributed by atoms with van der Waals surface area (Å²) in [5.74, 6) is 1.54. The van der Waals surface area contributed by atoms with Crippen LogP contribution in [0.1, 0.15) is 11.1 Å². The van der Waals surface area contributed by atoms with Crippen molar-refractivity contribution in [2.24, 2.45) is 0 Å². The number of para-hydroxylation sites is 1. The lowest BCUT2D eigenvalue weighted by molar-refractivity contribution is 0.282. The Labute approximate surface area is 130 Å². The lowest BCUT2D eigenvalue weighted by Gasteiger charge is -2.14. The van der Waals surface area contributed by atoms with Gasteiger partial charge in [-0.2, -0.15) is 0 Å². The number of halogens is 2. The second kappa shape index (κ2) is 6.96. The van der Waals surface area contributed by atoms with E-state index in [9.17, 15) is 0 Å². The van der Waals surface area contributed by atoms with Gasteiger partial charge >= 0.3 is 0 Å². The maximum absolute atomic E-state index is 5.93. The van der Waals surface area contributed by atoms with Crippen molar-refractivity contribution < 1.29 is 9.47 Å². The van der Waals surface area contributed by atoms with E-state index in [2.05, 4.69) is 31.9 Å². The molecule has 0 aliphatic heterocycles. The molecule has 0 saturated heterocycles. The van der Waals surface area contributed by atoms with Crippen LogP contribution in [-0.4, -0.2) is 7.11 Å². The van der Waals surface area contributed by atoms with Gasteiger partial charge in [-0.1, -0.05) is 62.2 Å². The van der Waals surface area contributed by atoms with Gasteiger partial charge < -0.3 is 9.47 Å². The minimum absolute atomic E-state index is 0.502. The average Bonchev–Trinajstić information content (AvgIpc) is 2.46. The maximum atomic E-state index is 5.93. The Hall–Kier alpha value is -1.00. The van der Waals surface area contributed by atoms with Crippen LogP contribution in [0.15, 0.2) is 46.9 Å². The van der Waals surface area contributed by atoms with E-state index < -0.39 is 0 Å². The normalized spacial score (nSPS) is 10.3. The Kier molecular flexibility index (Phi) is 5.28. The third kappa shape index (κ3) is 3.51. The number of ether oxygens (including phenoxy) is 2. The van der Waals surface area contributed by atoms with E-state index in [1.807, 2.05) is 42.5 Å². The molecule has 0 bridgehead atoms. The van der Waals surface area contributed by atoms with Gasteiger partial charge in [0.1, 0.15) is 6.61 Å². The summed E-state index contributed by atoms with van der Waals surface area (Å²) in [6.07, 6.45) is 0. The van der Waals surface area contributed by atoms with Gasteiger partial charge in [-0.15, -0.1) is 0 Å². The van der Waals surface area contributed by atoms with Crippen molar-refractivity contribution in [3.8, 4) is 11.5 Å². The third-order valence-corrected chi connectivity index (χ3v) is 4.13. The SMILES string of the molecule is COc1cccc(CBr)c1OCc1ccccc1Br. The molecule has 0 unspecified atom stereocenters. The highest BCUT2D eigenvalue weighted by Gasteiger charge is 2.10. The molecule has 0 amide bonds. The first-order chi connectivity index (χ1) is 9.26. The predicted molar refractivity (Wildman–Crippen MR) is 84.1 cm³/mol. The summed E-state index contributed by atoms with van der Waals surface area (Å²) < 4.78 is 12.3. The predicted octanol–water partition coefficient (Wildman–Crippen LogP) is 4.93. The highest BCUT2D eigenvalue weighted by Crippen LogP contribution is 2.33. The van der Waals surface area contributed by atoms with Crippen LogP contribution in [0.5, 0.6) is 11.5 Å². The Morgan fingerprint density at radius 3 is 2.42 bits per heavy atom. The average molecular weight is 386 g/mol. The lowest BCUT2D eigenvalue weighted by atomic mass is 10.2. The molecule has 0 saturated carbocycles. The van der Waals surface area contributed by atoms with Crippen LogP contribution in [-0.2, 0) is 11.9 Å². The van der Waals surface area contributed by atoms with Gasteiger partial charge in [0.05, 0.1) is 7.11 Å². The lowest BCUT2D eigenvalue weighted by Crippen LogP contribution is -2.00. The molecule has 0 N–H and O–H groups in total. The smallest absolute Gasteiger partial charge is 0.165 e. The van der Waals surface area contributed by atoms with Crippen LogP contribution in [0.3, 0.4) is 0 Å². The van der Waals surface area contributed by atoms with E-state index in [0.29, 0.717) is 6.61 Å². The summed E-state index contributed by atoms with van der Waals surface area (Å²) in [4.78, 5) is 0. The molecule has 0 radical (unpaired) electrons. The minimum Gasteiger partial charge on any atom is -0.493 e. The van der Waals surface area contributed by atoms with Crippen molar-refractivity contribution in [3.63, 3.8) is 0 Å². The van der Waals surface area contributed by atoms with E-state index in [1.165, 1.54) is 0 Å². The van der Waals surface area contributed by atoms with E-state index in [4.69, 9.17) is 9.47 Å². The Morgan fingerprint density at radius 1 is 1.00 bits per heavy atom. The number of benzene rings is 2. The Balaban J connectivity index is 2.21. The van der Waals surface area contributed by atoms with E-state index in [-0.39, 0.29) is 0 Å². The zero-order valence-electron chi connectivity index (χ0n) is 10.5. The molecule has 0 fully saturated rings. The first-order valence-corrected chi connectivity index (χ1v) is 7.75. The van der Waals surface area contributed by atoms with Gasteiger partial charge in [0.15, 0.2) is 11.5 Å². The third-order valence-electron chi connectivity index (χ3n) is 2.75. The summed E-state index contributed by atoms with van der Waals surface area (Å²) >= 11 is 6.99. The van der Waals surface area contributed by atoms with Crippen molar-refractivity contribution in [2.75, 3.05) is 7.11 Å². The van der Waals surface area contributed by atoms with E-state index in [0.717, 1.165) is 32.4 Å². The molecule has 0 atom stereocenters. The highest BCUT2D eigenvalue weighted by atomic mass is 79.9. The van der Waals surface area contributed by atoms with Crippen molar-refractivity contribution >= 4 is 31.9 Å². The standard InChI is InChI=1S/C15H14Br2O2/c1-18-14-8-4-6-11(9-16)15(14)19-10-12-5-2-3-7-13(12)17/h2-8H,9-10H2,1H3. The quantitative estimate of drug-likeness (QED) is 0.679. The first-order valence-electron chi connectivity index (χ1n) is 5.84. The van der Waals surface area contributed by atoms with Crippen molar-refractivity contribution in [1.82, 2.24) is 0 Å². The molecule has 19 heavy (non-hydrogen) atoms. The number of hydrogen-bond donors (Lipinski definition) is 0. The molecule has 0 heterocycles. The van der Waals surface area contributed by atoms with Crippen molar-refractivity contribution in [1.29, 1.82) is 0 Å². The topological polar surface area (TPSA) is 18.5 Å². The number of hydrogen-bond acceptors (Lipinski definition) is 2. The molecule has 2 nitrogen and oxygen atoms in total. The van der Waals surface area contributed by atoms with Gasteiger partial charge in [-0.05, 0) is 12.1 Å². The van der Waals surface area contributed by atoms with Crippen LogP contribution >= 0.6 is 31.9 Å². The van der Waals surface area contributed by atoms with Crippen molar-refractivity contribution in [3.05, 3.63) is 58.1 Å². The first kappa shape index (κ1) is 14.4. The highest BCUT2D eigenvalue weighted by molar-refractivity contribution is 9.10. The molecule has 0 aromatic heterocycles. The van der Waals surface area contributed by atoms with Crippen LogP contribution in [0.2, 0.25) is 0 Å². The van der Waals surface area contributed by atoms with Gasteiger partial charge in [-0.3, -0.25) is 0 Å². The summed E-state index contributed by atoms with van der Waals surface area (Å²) in [5, 5.41) is 0.732. The fraction of sp³-hybridized carbons (Fsp3) is 0.200. The molecule has 2 aromatic rings. The fourth-order valence-corrected chi connectivity index (χ4v) is 2.60. The number of alkyl halides is 1. The van der Waals surface area contributed by atoms with E-state index >= 15 is 0 Å².